The minimum absolute atomic E-state index is 0.132. The third-order valence-corrected chi connectivity index (χ3v) is 13.2. The fourth-order valence-corrected chi connectivity index (χ4v) is 9.35. The van der Waals surface area contributed by atoms with Gasteiger partial charge in [-0.25, -0.2) is 18.0 Å². The number of hydroxylamine groups is 1. The Bertz CT molecular complexity index is 2860. The molecule has 74 heavy (non-hydrogen) atoms. The highest BCUT2D eigenvalue weighted by atomic mass is 32.2. The van der Waals surface area contributed by atoms with Gasteiger partial charge in [-0.3, -0.25) is 14.3 Å². The van der Waals surface area contributed by atoms with Crippen LogP contribution in [0.15, 0.2) is 126 Å². The van der Waals surface area contributed by atoms with Crippen molar-refractivity contribution in [2.24, 2.45) is 0 Å². The highest BCUT2D eigenvalue weighted by Gasteiger charge is 2.34. The molecule has 16 heteroatoms. The minimum Gasteiger partial charge on any atom is -0.465 e. The van der Waals surface area contributed by atoms with Crippen molar-refractivity contribution in [3.63, 3.8) is 0 Å². The van der Waals surface area contributed by atoms with E-state index in [1.165, 1.54) is 35.4 Å². The number of benzene rings is 6. The average molecular weight is 1050 g/mol. The molecule has 0 amide bonds. The third kappa shape index (κ3) is 15.8. The quantitative estimate of drug-likeness (QED) is 0.0175. The molecule has 1 atom stereocenters. The normalized spacial score (nSPS) is 11.9. The zero-order valence-corrected chi connectivity index (χ0v) is 45.3. The smallest absolute Gasteiger partial charge is 0.338 e. The second-order valence-electron chi connectivity index (χ2n) is 17.3. The summed E-state index contributed by atoms with van der Waals surface area (Å²) >= 11 is 0.995. The van der Waals surface area contributed by atoms with Crippen molar-refractivity contribution in [1.29, 1.82) is 0 Å². The molecule has 4 N–H and O–H groups in total. The van der Waals surface area contributed by atoms with Crippen molar-refractivity contribution >= 4 is 74.0 Å². The molecule has 0 heterocycles. The lowest BCUT2D eigenvalue weighted by atomic mass is 9.82. The van der Waals surface area contributed by atoms with E-state index in [4.69, 9.17) is 9.07 Å². The summed E-state index contributed by atoms with van der Waals surface area (Å²) in [6, 6.07) is 36.7. The summed E-state index contributed by atoms with van der Waals surface area (Å²) in [4.78, 5) is 56.4. The highest BCUT2D eigenvalue weighted by molar-refractivity contribution is 7.94. The molecule has 6 aromatic rings. The molecular weight excluding hydrogens is 977 g/mol. The van der Waals surface area contributed by atoms with Crippen LogP contribution in [0.2, 0.25) is 0 Å². The van der Waals surface area contributed by atoms with Crippen LogP contribution in [-0.2, 0) is 54.5 Å². The van der Waals surface area contributed by atoms with Crippen molar-refractivity contribution in [1.82, 2.24) is 5.48 Å². The van der Waals surface area contributed by atoms with Gasteiger partial charge in [0.1, 0.15) is 0 Å². The van der Waals surface area contributed by atoms with Gasteiger partial charge in [0.15, 0.2) is 11.6 Å². The largest absolute Gasteiger partial charge is 0.465 e. The van der Waals surface area contributed by atoms with E-state index in [1.807, 2.05) is 31.2 Å². The predicted octanol–water partition coefficient (Wildman–Crippen LogP) is 12.9. The number of anilines is 5. The number of para-hydroxylation sites is 2. The van der Waals surface area contributed by atoms with Gasteiger partial charge in [0.25, 0.3) is 0 Å². The third-order valence-electron chi connectivity index (χ3n) is 12.0. The average Bonchev–Trinajstić information content (AvgIpc) is 3.40. The molecule has 1 aliphatic carbocycles. The van der Waals surface area contributed by atoms with E-state index in [9.17, 15) is 27.6 Å². The Balaban J connectivity index is 0.000000236. The van der Waals surface area contributed by atoms with Crippen LogP contribution in [0.25, 0.3) is 0 Å². The summed E-state index contributed by atoms with van der Waals surface area (Å²) in [5.74, 6) is -1.08. The second-order valence-corrected chi connectivity index (χ2v) is 19.8. The van der Waals surface area contributed by atoms with Crippen LogP contribution in [0.4, 0.5) is 28.4 Å². The van der Waals surface area contributed by atoms with Gasteiger partial charge in [-0.2, -0.15) is 5.48 Å². The number of fused-ring (bicyclic) bond motifs is 2. The highest BCUT2D eigenvalue weighted by Crippen LogP contribution is 2.40. The maximum atomic E-state index is 14.0. The summed E-state index contributed by atoms with van der Waals surface area (Å²) in [5, 5.41) is 7.18. The van der Waals surface area contributed by atoms with Crippen LogP contribution < -0.4 is 20.8 Å². The number of esters is 2. The number of carbonyl (C=O) groups is 4. The number of unbranched alkanes of at least 4 members (excludes halogenated alkanes) is 2. The number of rotatable bonds is 21. The van der Waals surface area contributed by atoms with Gasteiger partial charge in [0.05, 0.1) is 65.1 Å². The molecule has 1 unspecified atom stereocenters. The van der Waals surface area contributed by atoms with E-state index in [0.717, 1.165) is 85.9 Å². The van der Waals surface area contributed by atoms with Crippen molar-refractivity contribution in [3.05, 3.63) is 177 Å². The Kier molecular flexibility index (Phi) is 22.4. The van der Waals surface area contributed by atoms with Crippen LogP contribution in [0.1, 0.15) is 142 Å². The van der Waals surface area contributed by atoms with Gasteiger partial charge in [-0.15, -0.1) is 9.32 Å². The number of hydrogen-bond donors (Lipinski definition) is 4. The predicted molar refractivity (Wildman–Crippen MR) is 296 cm³/mol. The number of methoxy groups -OCH3 is 1. The maximum absolute atomic E-state index is 14.0. The zero-order valence-electron chi connectivity index (χ0n) is 43.7. The first-order valence-corrected chi connectivity index (χ1v) is 27.5. The van der Waals surface area contributed by atoms with E-state index in [1.54, 1.807) is 61.6 Å². The Morgan fingerprint density at radius 1 is 0.622 bits per heavy atom. The Hall–Kier alpha value is -6.82. The molecule has 0 saturated heterocycles. The fraction of sp³-hybridized carbons (Fsp3) is 0.310. The number of nitrogens with one attached hydrogen (secondary N) is 4. The molecule has 0 spiro atoms. The summed E-state index contributed by atoms with van der Waals surface area (Å²) in [5.41, 5.74) is 13.4. The molecule has 0 fully saturated rings. The zero-order chi connectivity index (χ0) is 53.8. The van der Waals surface area contributed by atoms with Crippen LogP contribution in [0, 0.1) is 0 Å². The number of hydrogen-bond acceptors (Lipinski definition) is 14. The summed E-state index contributed by atoms with van der Waals surface area (Å²) in [6.07, 6.45) is 8.48. The molecule has 0 bridgehead atoms. The number of ether oxygens (including phenoxy) is 2. The van der Waals surface area contributed by atoms with Crippen LogP contribution in [-0.4, -0.2) is 58.4 Å². The fourth-order valence-electron chi connectivity index (χ4n) is 8.31. The lowest BCUT2D eigenvalue weighted by molar-refractivity contribution is -0.237. The van der Waals surface area contributed by atoms with Gasteiger partial charge < -0.3 is 20.1 Å². The van der Waals surface area contributed by atoms with Gasteiger partial charge in [-0.1, -0.05) is 120 Å². The topological polar surface area (TPSA) is 187 Å². The molecule has 0 aliphatic heterocycles. The second kappa shape index (κ2) is 28.6. The van der Waals surface area contributed by atoms with E-state index in [0.29, 0.717) is 50.4 Å². The summed E-state index contributed by atoms with van der Waals surface area (Å²) in [6.45, 7) is 12.5. The van der Waals surface area contributed by atoms with E-state index in [2.05, 4.69) is 102 Å². The summed E-state index contributed by atoms with van der Waals surface area (Å²) in [7, 11) is -0.449. The van der Waals surface area contributed by atoms with Crippen molar-refractivity contribution < 1.29 is 46.4 Å². The maximum Gasteiger partial charge on any atom is 0.338 e. The number of ketones is 2. The lowest BCUT2D eigenvalue weighted by Crippen LogP contribution is -2.23. The molecule has 7 rings (SSSR count). The molecular formula is C58H68N4O10S2. The molecule has 0 aromatic heterocycles. The molecule has 14 nitrogen and oxygen atoms in total. The van der Waals surface area contributed by atoms with Crippen LogP contribution >= 0.6 is 12.0 Å². The van der Waals surface area contributed by atoms with Gasteiger partial charge >= 0.3 is 11.9 Å². The standard InChI is InChI=1S/C34H34N2O2.C15H23NO4S.C9H11NO4S/c1-5-21-13-11-14-22(6-2)31(21)35-27-19-20-28(36-32-23(7-3)15-12-16-24(32)8-4)30-29(27)33(37)25-17-9-10-18-26(25)34(30)38;1-4-5-6-8-12(2)20-15(17)13-9-7-10-14(11-13)16-21(3,18)19;1-10-13-14-15-8-5-3-4-7(6-8)9(11)12-2/h9-20,35-36H,5-8H2,1-4H3;7,9-12,16H,4-6,8H2,1-3H3;3-6,10H,1-2H3. The lowest BCUT2D eigenvalue weighted by Gasteiger charge is -2.26. The Morgan fingerprint density at radius 2 is 1.11 bits per heavy atom. The first-order chi connectivity index (χ1) is 35.6. The Labute approximate surface area is 440 Å². The first kappa shape index (κ1) is 58.1. The minimum atomic E-state index is -3.36. The Morgan fingerprint density at radius 3 is 1.57 bits per heavy atom. The van der Waals surface area contributed by atoms with Crippen molar-refractivity contribution in [3.8, 4) is 0 Å². The molecule has 0 radical (unpaired) electrons. The molecule has 6 aromatic carbocycles. The number of aryl methyl sites for hydroxylation is 4. The van der Waals surface area contributed by atoms with Gasteiger partial charge in [0, 0.05) is 40.1 Å². The molecule has 392 valence electrons. The first-order valence-electron chi connectivity index (χ1n) is 24.9. The van der Waals surface area contributed by atoms with Crippen LogP contribution in [0.3, 0.4) is 0 Å². The van der Waals surface area contributed by atoms with Crippen molar-refractivity contribution in [2.45, 2.75) is 104 Å². The SMILES string of the molecule is CCCCCC(C)OC(=O)c1cccc(NS(C)(=O)=O)c1.CCc1cccc(CC)c1Nc1ccc(Nc2c(CC)cccc2CC)c2c1C(=O)c1ccccc1C2=O.CNOOSc1cccc(C(=O)OC)c1. The monoisotopic (exact) mass is 1040 g/mol. The number of carbonyl (C=O) groups excluding carboxylic acids is 4. The van der Waals surface area contributed by atoms with Gasteiger partial charge in [-0.05, 0) is 116 Å². The summed E-state index contributed by atoms with van der Waals surface area (Å²) < 4.78 is 39.3. The van der Waals surface area contributed by atoms with E-state index >= 15 is 0 Å². The molecule has 1 aliphatic rings. The van der Waals surface area contributed by atoms with Crippen molar-refractivity contribution in [2.75, 3.05) is 35.8 Å². The molecule has 0 saturated carbocycles. The van der Waals surface area contributed by atoms with E-state index < -0.39 is 16.0 Å². The van der Waals surface area contributed by atoms with E-state index in [-0.39, 0.29) is 23.6 Å². The van der Waals surface area contributed by atoms with Crippen LogP contribution in [0.5, 0.6) is 0 Å². The van der Waals surface area contributed by atoms with Gasteiger partial charge in [0.2, 0.25) is 10.0 Å². The number of sulfonamides is 1.